The average Bonchev–Trinajstić information content (AvgIpc) is 2.97. The largest absolute Gasteiger partial charge is 0.397 e. The molecule has 10 nitrogen and oxygen atoms in total. The van der Waals surface area contributed by atoms with E-state index in [1.54, 1.807) is 0 Å². The zero-order chi connectivity index (χ0) is 24.4. The maximum Gasteiger partial charge on any atom is 0.397 e. The van der Waals surface area contributed by atoms with Crippen molar-refractivity contribution in [2.75, 3.05) is 6.61 Å². The van der Waals surface area contributed by atoms with Gasteiger partial charge in [-0.05, 0) is 86.9 Å². The fraction of sp³-hybridized carbons (Fsp3) is 0.952. The molecular weight excluding hydrogens is 476 g/mol. The lowest BCUT2D eigenvalue weighted by atomic mass is 9.44. The minimum absolute atomic E-state index is 0.0118. The van der Waals surface area contributed by atoms with Crippen LogP contribution in [0.1, 0.15) is 71.6 Å². The molecule has 8 atom stereocenters. The average molecular weight is 511 g/mol. The molecule has 0 bridgehead atoms. The maximum atomic E-state index is 12.8. The molecule has 0 heterocycles. The SMILES string of the molecule is C[C@]12CC[C@@H](OS(=O)(=O)O)C[C@@H]1CC[C@@H]1[C@@H]2CC[C@@]2(C)[C@H]1CC[C@]2(O)C(=O)COS(=O)(=O)O. The Labute approximate surface area is 195 Å². The van der Waals surface area contributed by atoms with Gasteiger partial charge in [-0.15, -0.1) is 0 Å². The summed E-state index contributed by atoms with van der Waals surface area (Å²) < 4.78 is 71.2. The van der Waals surface area contributed by atoms with Crippen LogP contribution in [0.25, 0.3) is 0 Å². The Hall–Kier alpha value is -0.630. The zero-order valence-electron chi connectivity index (χ0n) is 19.0. The van der Waals surface area contributed by atoms with Crippen molar-refractivity contribution in [1.29, 1.82) is 0 Å². The van der Waals surface area contributed by atoms with E-state index in [4.69, 9.17) is 13.3 Å². The number of rotatable bonds is 6. The van der Waals surface area contributed by atoms with Gasteiger partial charge in [-0.25, -0.2) is 8.37 Å². The number of Topliss-reactive ketones (excluding diaryl/α,β-unsaturated/α-hetero) is 1. The van der Waals surface area contributed by atoms with Crippen LogP contribution < -0.4 is 0 Å². The molecule has 3 N–H and O–H groups in total. The van der Waals surface area contributed by atoms with Crippen LogP contribution in [0, 0.1) is 34.5 Å². The Morgan fingerprint density at radius 3 is 2.21 bits per heavy atom. The van der Waals surface area contributed by atoms with E-state index in [0.29, 0.717) is 37.5 Å². The van der Waals surface area contributed by atoms with Crippen molar-refractivity contribution in [2.45, 2.75) is 83.3 Å². The minimum atomic E-state index is -4.78. The smallest absolute Gasteiger partial charge is 0.381 e. The molecule has 0 aromatic rings. The second-order valence-corrected chi connectivity index (χ2v) is 13.2. The van der Waals surface area contributed by atoms with E-state index >= 15 is 0 Å². The third kappa shape index (κ3) is 4.41. The van der Waals surface area contributed by atoms with Crippen molar-refractivity contribution in [3.63, 3.8) is 0 Å². The molecule has 4 rings (SSSR count). The van der Waals surface area contributed by atoms with Crippen LogP contribution >= 0.6 is 0 Å². The molecule has 190 valence electrons. The zero-order valence-corrected chi connectivity index (χ0v) is 20.6. The molecule has 12 heteroatoms. The summed E-state index contributed by atoms with van der Waals surface area (Å²) in [5.41, 5.74) is -2.42. The van der Waals surface area contributed by atoms with E-state index in [-0.39, 0.29) is 23.7 Å². The predicted molar refractivity (Wildman–Crippen MR) is 116 cm³/mol. The fourth-order valence-electron chi connectivity index (χ4n) is 8.20. The van der Waals surface area contributed by atoms with Gasteiger partial charge in [0.2, 0.25) is 0 Å². The van der Waals surface area contributed by atoms with Crippen LogP contribution in [-0.4, -0.2) is 55.1 Å². The monoisotopic (exact) mass is 510 g/mol. The van der Waals surface area contributed by atoms with E-state index in [9.17, 15) is 26.7 Å². The van der Waals surface area contributed by atoms with Crippen LogP contribution in [0.2, 0.25) is 0 Å². The molecule has 33 heavy (non-hydrogen) atoms. The Balaban J connectivity index is 1.51. The first-order valence-corrected chi connectivity index (χ1v) is 14.4. The topological polar surface area (TPSA) is 164 Å². The fourth-order valence-corrected chi connectivity index (χ4v) is 8.97. The van der Waals surface area contributed by atoms with Crippen molar-refractivity contribution in [3.05, 3.63) is 0 Å². The number of hydrogen-bond donors (Lipinski definition) is 3. The van der Waals surface area contributed by atoms with E-state index in [1.807, 2.05) is 6.92 Å². The van der Waals surface area contributed by atoms with E-state index in [0.717, 1.165) is 25.7 Å². The normalized spacial score (nSPS) is 45.7. The summed E-state index contributed by atoms with van der Waals surface area (Å²) in [4.78, 5) is 12.8. The van der Waals surface area contributed by atoms with Gasteiger partial charge in [0.05, 0.1) is 6.10 Å². The van der Waals surface area contributed by atoms with Crippen LogP contribution in [-0.2, 0) is 34.0 Å². The highest BCUT2D eigenvalue weighted by Gasteiger charge is 2.66. The highest BCUT2D eigenvalue weighted by atomic mass is 32.3. The second kappa shape index (κ2) is 8.21. The number of ketones is 1. The van der Waals surface area contributed by atoms with Gasteiger partial charge >= 0.3 is 20.8 Å². The molecule has 4 aliphatic rings. The van der Waals surface area contributed by atoms with E-state index in [1.165, 1.54) is 0 Å². The number of carbonyl (C=O) groups excluding carboxylic acids is 1. The number of aliphatic hydroxyl groups is 1. The van der Waals surface area contributed by atoms with Gasteiger partial charge < -0.3 is 5.11 Å². The van der Waals surface area contributed by atoms with Crippen molar-refractivity contribution < 1.29 is 44.2 Å². The summed E-state index contributed by atoms with van der Waals surface area (Å²) in [7, 11) is -9.26. The van der Waals surface area contributed by atoms with Crippen molar-refractivity contribution >= 4 is 26.6 Å². The van der Waals surface area contributed by atoms with Crippen LogP contribution in [0.15, 0.2) is 0 Å². The molecule has 0 saturated heterocycles. The van der Waals surface area contributed by atoms with Crippen molar-refractivity contribution in [3.8, 4) is 0 Å². The predicted octanol–water partition coefficient (Wildman–Crippen LogP) is 2.34. The van der Waals surface area contributed by atoms with Gasteiger partial charge in [0.25, 0.3) is 0 Å². The lowest BCUT2D eigenvalue weighted by molar-refractivity contribution is -0.173. The summed E-state index contributed by atoms with van der Waals surface area (Å²) in [6, 6.07) is 0. The molecule has 0 radical (unpaired) electrons. The van der Waals surface area contributed by atoms with Crippen molar-refractivity contribution in [2.24, 2.45) is 34.5 Å². The van der Waals surface area contributed by atoms with Crippen molar-refractivity contribution in [1.82, 2.24) is 0 Å². The molecule has 0 amide bonds. The van der Waals surface area contributed by atoms with Gasteiger partial charge in [-0.1, -0.05) is 13.8 Å². The quantitative estimate of drug-likeness (QED) is 0.452. The summed E-state index contributed by atoms with van der Waals surface area (Å²) in [5, 5.41) is 11.4. The first-order chi connectivity index (χ1) is 15.1. The molecule has 0 aromatic carbocycles. The molecule has 0 unspecified atom stereocenters. The Morgan fingerprint density at radius 2 is 1.58 bits per heavy atom. The van der Waals surface area contributed by atoms with Crippen LogP contribution in [0.4, 0.5) is 0 Å². The molecule has 0 aliphatic heterocycles. The third-order valence-electron chi connectivity index (χ3n) is 9.83. The summed E-state index contributed by atoms with van der Waals surface area (Å²) in [5.74, 6) is 0.321. The lowest BCUT2D eigenvalue weighted by Crippen LogP contribution is -2.59. The molecule has 0 spiro atoms. The highest BCUT2D eigenvalue weighted by molar-refractivity contribution is 7.81. The Bertz CT molecular complexity index is 1010. The van der Waals surface area contributed by atoms with Gasteiger partial charge in [0, 0.05) is 5.41 Å². The minimum Gasteiger partial charge on any atom is -0.381 e. The Kier molecular flexibility index (Phi) is 6.33. The van der Waals surface area contributed by atoms with E-state index < -0.39 is 50.3 Å². The van der Waals surface area contributed by atoms with Gasteiger partial charge in [0.1, 0.15) is 12.2 Å². The standard InChI is InChI=1S/C21H34O10S2/c1-19-8-5-14(31-33(27,28)29)11-13(19)3-4-15-16(19)6-9-20(2)17(15)7-10-21(20,23)18(22)12-30-32(24,25)26/h13-17,23H,3-12H2,1-2H3,(H,24,25,26)(H,27,28,29)/t13-,14+,15+,16-,17-,19-,20-,21-/m0/s1. The molecule has 4 saturated carbocycles. The summed E-state index contributed by atoms with van der Waals surface area (Å²) in [6.07, 6.45) is 5.49. The number of hydrogen-bond acceptors (Lipinski definition) is 8. The first-order valence-electron chi connectivity index (χ1n) is 11.6. The Morgan fingerprint density at radius 1 is 0.909 bits per heavy atom. The molecule has 0 aromatic heterocycles. The van der Waals surface area contributed by atoms with E-state index in [2.05, 4.69) is 11.1 Å². The van der Waals surface area contributed by atoms with Crippen LogP contribution in [0.5, 0.6) is 0 Å². The lowest BCUT2D eigenvalue weighted by Gasteiger charge is -2.61. The van der Waals surface area contributed by atoms with Gasteiger partial charge in [-0.2, -0.15) is 16.8 Å². The van der Waals surface area contributed by atoms with Crippen LogP contribution in [0.3, 0.4) is 0 Å². The summed E-state index contributed by atoms with van der Waals surface area (Å²) >= 11 is 0. The molecule has 4 aliphatic carbocycles. The first kappa shape index (κ1) is 25.5. The third-order valence-corrected chi connectivity index (χ3v) is 10.8. The molecule has 4 fully saturated rings. The molecular formula is C21H34O10S2. The van der Waals surface area contributed by atoms with Gasteiger partial charge in [0.15, 0.2) is 5.78 Å². The maximum absolute atomic E-state index is 12.8. The number of carbonyl (C=O) groups is 1. The highest BCUT2D eigenvalue weighted by Crippen LogP contribution is 2.68. The second-order valence-electron chi connectivity index (χ2n) is 11.0. The summed E-state index contributed by atoms with van der Waals surface area (Å²) in [6.45, 7) is 3.28. The van der Waals surface area contributed by atoms with Gasteiger partial charge in [-0.3, -0.25) is 13.9 Å². The number of fused-ring (bicyclic) bond motifs is 5.